The molecule has 3 nitrogen and oxygen atoms in total. The minimum Gasteiger partial charge on any atom is -0.379 e. The van der Waals surface area contributed by atoms with Gasteiger partial charge >= 0.3 is 0 Å². The van der Waals surface area contributed by atoms with Gasteiger partial charge in [-0.3, -0.25) is 9.59 Å². The number of rotatable bonds is 17. The van der Waals surface area contributed by atoms with Crippen LogP contribution in [0.1, 0.15) is 105 Å². The van der Waals surface area contributed by atoms with Gasteiger partial charge in [-0.25, -0.2) is 0 Å². The number of nitrogens with one attached hydrogen (secondary N) is 1. The summed E-state index contributed by atoms with van der Waals surface area (Å²) in [5.41, 5.74) is 3.18. The van der Waals surface area contributed by atoms with Crippen molar-refractivity contribution < 1.29 is 9.59 Å². The topological polar surface area (TPSA) is 46.2 Å². The van der Waals surface area contributed by atoms with Crippen molar-refractivity contribution in [1.29, 1.82) is 0 Å². The molecule has 1 N–H and O–H groups in total. The Kier molecular flexibility index (Phi) is 10.7. The highest BCUT2D eigenvalue weighted by atomic mass is 16.1. The van der Waals surface area contributed by atoms with E-state index in [0.717, 1.165) is 56.2 Å². The monoisotopic (exact) mass is 547 g/mol. The lowest BCUT2D eigenvalue weighted by atomic mass is 9.72. The Labute approximate surface area is 245 Å². The van der Waals surface area contributed by atoms with E-state index in [1.54, 1.807) is 6.08 Å². The van der Waals surface area contributed by atoms with Crippen LogP contribution in [-0.4, -0.2) is 17.6 Å². The summed E-state index contributed by atoms with van der Waals surface area (Å²) >= 11 is 0. The number of carbonyl (C=O) groups is 2. The number of fused-ring (bicyclic) bond motifs is 1. The molecule has 6 atom stereocenters. The molecule has 222 valence electrons. The van der Waals surface area contributed by atoms with Crippen molar-refractivity contribution in [2.24, 2.45) is 46.3 Å². The molecule has 3 aliphatic rings. The molecule has 0 aliphatic heterocycles. The van der Waals surface area contributed by atoms with Crippen LogP contribution in [0.25, 0.3) is 0 Å². The number of hydrogen-bond acceptors (Lipinski definition) is 3. The molecule has 3 aliphatic carbocycles. The van der Waals surface area contributed by atoms with E-state index in [2.05, 4.69) is 72.8 Å². The first-order chi connectivity index (χ1) is 18.7. The SMILES string of the molecule is C=CCCC(=O)C(=C)C(CCC=C)CC(=C)C1C(C(=O)C(NC(=C)CC(C)(C)C)C2CCCC2)CC2C1C2(C)C. The smallest absolute Gasteiger partial charge is 0.158 e. The van der Waals surface area contributed by atoms with Crippen LogP contribution in [0.2, 0.25) is 0 Å². The summed E-state index contributed by atoms with van der Waals surface area (Å²) in [6.07, 6.45) is 13.7. The summed E-state index contributed by atoms with van der Waals surface area (Å²) in [7, 11) is 0. The maximum atomic E-state index is 14.5. The lowest BCUT2D eigenvalue weighted by Gasteiger charge is -2.35. The summed E-state index contributed by atoms with van der Waals surface area (Å²) in [6, 6.07) is -0.162. The average molecular weight is 548 g/mol. The second kappa shape index (κ2) is 13.2. The third kappa shape index (κ3) is 7.56. The zero-order valence-corrected chi connectivity index (χ0v) is 26.3. The van der Waals surface area contributed by atoms with Crippen LogP contribution in [0.15, 0.2) is 61.9 Å². The Morgan fingerprint density at radius 3 is 2.23 bits per heavy atom. The van der Waals surface area contributed by atoms with E-state index in [1.165, 1.54) is 12.8 Å². The average Bonchev–Trinajstić information content (AvgIpc) is 3.33. The number of allylic oxidation sites excluding steroid dienone is 5. The van der Waals surface area contributed by atoms with Gasteiger partial charge in [0.05, 0.1) is 6.04 Å². The summed E-state index contributed by atoms with van der Waals surface area (Å²) < 4.78 is 0. The Morgan fingerprint density at radius 2 is 1.65 bits per heavy atom. The minimum atomic E-state index is -0.162. The van der Waals surface area contributed by atoms with E-state index < -0.39 is 0 Å². The quantitative estimate of drug-likeness (QED) is 0.146. The predicted octanol–water partition coefficient (Wildman–Crippen LogP) is 9.18. The maximum absolute atomic E-state index is 14.5. The molecule has 0 saturated heterocycles. The molecule has 0 bridgehead atoms. The molecule has 0 spiro atoms. The first-order valence-corrected chi connectivity index (χ1v) is 15.8. The number of hydrogen-bond donors (Lipinski definition) is 1. The van der Waals surface area contributed by atoms with Crippen LogP contribution in [0, 0.1) is 46.3 Å². The molecule has 0 aromatic carbocycles. The minimum absolute atomic E-state index is 0.0131. The second-order valence-electron chi connectivity index (χ2n) is 14.9. The van der Waals surface area contributed by atoms with Crippen LogP contribution in [0.4, 0.5) is 0 Å². The predicted molar refractivity (Wildman–Crippen MR) is 170 cm³/mol. The lowest BCUT2D eigenvalue weighted by Crippen LogP contribution is -2.46. The van der Waals surface area contributed by atoms with Crippen LogP contribution >= 0.6 is 0 Å². The Bertz CT molecular complexity index is 1000. The zero-order chi connectivity index (χ0) is 29.8. The number of carbonyl (C=O) groups excluding carboxylic acids is 2. The van der Waals surface area contributed by atoms with E-state index in [1.807, 2.05) is 6.08 Å². The van der Waals surface area contributed by atoms with E-state index in [4.69, 9.17) is 0 Å². The first-order valence-electron chi connectivity index (χ1n) is 15.8. The molecule has 3 saturated carbocycles. The Hall–Kier alpha value is -2.16. The van der Waals surface area contributed by atoms with E-state index in [0.29, 0.717) is 42.0 Å². The summed E-state index contributed by atoms with van der Waals surface area (Å²) in [6.45, 7) is 32.3. The van der Waals surface area contributed by atoms with E-state index >= 15 is 0 Å². The van der Waals surface area contributed by atoms with Gasteiger partial charge in [-0.15, -0.1) is 13.2 Å². The Morgan fingerprint density at radius 1 is 1.02 bits per heavy atom. The number of Topliss-reactive ketones (excluding diaryl/α,β-unsaturated/α-hetero) is 2. The van der Waals surface area contributed by atoms with Crippen molar-refractivity contribution >= 4 is 11.6 Å². The van der Waals surface area contributed by atoms with Gasteiger partial charge in [0, 0.05) is 18.0 Å². The fourth-order valence-corrected chi connectivity index (χ4v) is 8.10. The van der Waals surface area contributed by atoms with Crippen LogP contribution in [0.3, 0.4) is 0 Å². The maximum Gasteiger partial charge on any atom is 0.158 e. The highest BCUT2D eigenvalue weighted by Crippen LogP contribution is 2.72. The second-order valence-corrected chi connectivity index (χ2v) is 14.9. The van der Waals surface area contributed by atoms with Gasteiger partial charge in [0.25, 0.3) is 0 Å². The van der Waals surface area contributed by atoms with Gasteiger partial charge in [0.15, 0.2) is 11.6 Å². The largest absolute Gasteiger partial charge is 0.379 e. The Balaban J connectivity index is 1.83. The molecule has 0 aromatic rings. The standard InChI is InChI=1S/C37H57NO2/c1-11-13-17-28(26(5)31(39)20-14-12-2)21-24(3)32-29(22-30-33(32)37(30,9)10)35(40)34(27-18-15-16-19-27)38-25(4)23-36(6,7)8/h11-12,27-30,32-34,38H,1-5,13-23H2,6-10H3. The third-order valence-electron chi connectivity index (χ3n) is 10.2. The summed E-state index contributed by atoms with van der Waals surface area (Å²) in [5, 5.41) is 3.67. The summed E-state index contributed by atoms with van der Waals surface area (Å²) in [5.74, 6) is 2.11. The molecule has 6 unspecified atom stereocenters. The molecule has 0 radical (unpaired) electrons. The molecule has 3 heteroatoms. The third-order valence-corrected chi connectivity index (χ3v) is 10.2. The molecular weight excluding hydrogens is 490 g/mol. The fourth-order valence-electron chi connectivity index (χ4n) is 8.10. The highest BCUT2D eigenvalue weighted by molar-refractivity contribution is 5.95. The lowest BCUT2D eigenvalue weighted by molar-refractivity contribution is -0.127. The van der Waals surface area contributed by atoms with Gasteiger partial charge in [0.2, 0.25) is 0 Å². The van der Waals surface area contributed by atoms with Crippen molar-refractivity contribution in [3.8, 4) is 0 Å². The van der Waals surface area contributed by atoms with Crippen molar-refractivity contribution in [2.75, 3.05) is 0 Å². The highest BCUT2D eigenvalue weighted by Gasteiger charge is 2.68. The molecule has 3 fully saturated rings. The number of ketones is 2. The van der Waals surface area contributed by atoms with Gasteiger partial charge in [-0.1, -0.05) is 84.9 Å². The van der Waals surface area contributed by atoms with Crippen molar-refractivity contribution in [1.82, 2.24) is 5.32 Å². The van der Waals surface area contributed by atoms with E-state index in [-0.39, 0.29) is 40.4 Å². The van der Waals surface area contributed by atoms with Gasteiger partial charge in [-0.05, 0) is 97.4 Å². The molecule has 3 rings (SSSR count). The van der Waals surface area contributed by atoms with Gasteiger partial charge in [-0.2, -0.15) is 0 Å². The van der Waals surface area contributed by atoms with Crippen molar-refractivity contribution in [3.63, 3.8) is 0 Å². The summed E-state index contributed by atoms with van der Waals surface area (Å²) in [4.78, 5) is 27.4. The van der Waals surface area contributed by atoms with E-state index in [9.17, 15) is 9.59 Å². The molecule has 0 amide bonds. The molecular formula is C37H57NO2. The normalized spacial score (nSPS) is 26.8. The van der Waals surface area contributed by atoms with Crippen LogP contribution in [0.5, 0.6) is 0 Å². The molecule has 0 heterocycles. The first kappa shape index (κ1) is 32.4. The van der Waals surface area contributed by atoms with Crippen LogP contribution in [-0.2, 0) is 9.59 Å². The van der Waals surface area contributed by atoms with Crippen molar-refractivity contribution in [2.45, 2.75) is 111 Å². The van der Waals surface area contributed by atoms with Crippen LogP contribution < -0.4 is 5.32 Å². The molecule has 0 aromatic heterocycles. The van der Waals surface area contributed by atoms with Gasteiger partial charge < -0.3 is 5.32 Å². The fraction of sp³-hybridized carbons (Fsp3) is 0.676. The zero-order valence-electron chi connectivity index (χ0n) is 26.3. The van der Waals surface area contributed by atoms with Crippen molar-refractivity contribution in [3.05, 3.63) is 61.9 Å². The van der Waals surface area contributed by atoms with Gasteiger partial charge in [0.1, 0.15) is 0 Å². The molecule has 40 heavy (non-hydrogen) atoms.